The summed E-state index contributed by atoms with van der Waals surface area (Å²) in [4.78, 5) is 2.00. The van der Waals surface area contributed by atoms with E-state index in [0.717, 1.165) is 13.1 Å². The fourth-order valence-electron chi connectivity index (χ4n) is 0.511. The average molecular weight is 227 g/mol. The topological polar surface area (TPSA) is 27.1 Å². The van der Waals surface area contributed by atoms with E-state index in [0.29, 0.717) is 3.88 Å². The van der Waals surface area contributed by atoms with Gasteiger partial charge in [0.05, 0.1) is 0 Å². The summed E-state index contributed by atoms with van der Waals surface area (Å²) in [5.74, 6) is 0. The summed E-state index contributed by atoms with van der Waals surface area (Å²) in [6.07, 6.45) is 0. The normalized spacial score (nSPS) is 8.75. The molecule has 0 aromatic rings. The molecule has 47 valence electrons. The second-order valence-electron chi connectivity index (χ2n) is 1.48. The summed E-state index contributed by atoms with van der Waals surface area (Å²) in [5, 5.41) is 7.18. The van der Waals surface area contributed by atoms with E-state index >= 15 is 0 Å². The molecule has 0 amide bonds. The maximum atomic E-state index is 7.18. The van der Waals surface area contributed by atoms with E-state index in [2.05, 4.69) is 13.8 Å². The molecule has 1 radical (unpaired) electrons. The Morgan fingerprint density at radius 2 is 1.88 bits per heavy atom. The van der Waals surface area contributed by atoms with Crippen molar-refractivity contribution in [3.05, 3.63) is 0 Å². The van der Waals surface area contributed by atoms with Crippen molar-refractivity contribution in [3.8, 4) is 0 Å². The maximum absolute atomic E-state index is 7.18. The van der Waals surface area contributed by atoms with Crippen LogP contribution in [-0.2, 0) is 0 Å². The standard InChI is InChI=1S/C5H11N2Te/c1-3-7(4-2)5(6)8/h6H,3-4H2,1-2H3. The van der Waals surface area contributed by atoms with E-state index in [9.17, 15) is 0 Å². The van der Waals surface area contributed by atoms with Crippen LogP contribution in [0.25, 0.3) is 0 Å². The first-order valence-corrected chi connectivity index (χ1v) is 3.89. The van der Waals surface area contributed by atoms with Crippen LogP contribution in [0.3, 0.4) is 0 Å². The molecule has 2 nitrogen and oxygen atoms in total. The van der Waals surface area contributed by atoms with Crippen molar-refractivity contribution in [2.75, 3.05) is 13.1 Å². The molecule has 0 rings (SSSR count). The van der Waals surface area contributed by atoms with Gasteiger partial charge in [0.2, 0.25) is 0 Å². The van der Waals surface area contributed by atoms with Gasteiger partial charge in [0, 0.05) is 0 Å². The van der Waals surface area contributed by atoms with E-state index < -0.39 is 0 Å². The second kappa shape index (κ2) is 4.17. The molecule has 0 saturated heterocycles. The number of nitrogens with one attached hydrogen (secondary N) is 1. The van der Waals surface area contributed by atoms with E-state index in [1.807, 2.05) is 4.90 Å². The summed E-state index contributed by atoms with van der Waals surface area (Å²) in [7, 11) is 0. The van der Waals surface area contributed by atoms with Gasteiger partial charge in [0.25, 0.3) is 0 Å². The first kappa shape index (κ1) is 8.26. The van der Waals surface area contributed by atoms with Crippen LogP contribution < -0.4 is 0 Å². The fourth-order valence-corrected chi connectivity index (χ4v) is 1.25. The average Bonchev–Trinajstić information content (AvgIpc) is 1.69. The van der Waals surface area contributed by atoms with Gasteiger partial charge in [-0.2, -0.15) is 0 Å². The molecule has 0 saturated carbocycles. The van der Waals surface area contributed by atoms with Crippen LogP contribution in [0.2, 0.25) is 0 Å². The number of hydrogen-bond donors (Lipinski definition) is 1. The monoisotopic (exact) mass is 229 g/mol. The van der Waals surface area contributed by atoms with Crippen LogP contribution in [0.4, 0.5) is 0 Å². The first-order valence-electron chi connectivity index (χ1n) is 2.72. The molecule has 0 atom stereocenters. The molecule has 3 heteroatoms. The molecule has 0 aromatic carbocycles. The van der Waals surface area contributed by atoms with Crippen LogP contribution >= 0.6 is 0 Å². The second-order valence-corrected chi connectivity index (χ2v) is 2.58. The van der Waals surface area contributed by atoms with Crippen LogP contribution in [-0.4, -0.2) is 44.2 Å². The molecule has 0 aromatic heterocycles. The third-order valence-corrected chi connectivity index (χ3v) is 1.79. The van der Waals surface area contributed by atoms with Gasteiger partial charge in [-0.25, -0.2) is 0 Å². The van der Waals surface area contributed by atoms with Gasteiger partial charge in [-0.15, -0.1) is 0 Å². The molecule has 0 fully saturated rings. The van der Waals surface area contributed by atoms with Crippen molar-refractivity contribution in [2.24, 2.45) is 0 Å². The van der Waals surface area contributed by atoms with Crippen molar-refractivity contribution in [1.29, 1.82) is 5.41 Å². The van der Waals surface area contributed by atoms with Crippen molar-refractivity contribution >= 4 is 26.2 Å². The van der Waals surface area contributed by atoms with Gasteiger partial charge in [-0.1, -0.05) is 0 Å². The zero-order valence-corrected chi connectivity index (χ0v) is 7.60. The van der Waals surface area contributed by atoms with E-state index in [-0.39, 0.29) is 0 Å². The van der Waals surface area contributed by atoms with Gasteiger partial charge in [-0.05, 0) is 0 Å². The van der Waals surface area contributed by atoms with Crippen LogP contribution in [0.1, 0.15) is 13.8 Å². The Hall–Kier alpha value is 0.260. The van der Waals surface area contributed by atoms with E-state index in [4.69, 9.17) is 5.41 Å². The Balaban J connectivity index is 3.52. The molecular formula is C5H11N2Te. The summed E-state index contributed by atoms with van der Waals surface area (Å²) >= 11 is 1.75. The van der Waals surface area contributed by atoms with E-state index in [1.54, 1.807) is 22.3 Å². The van der Waals surface area contributed by atoms with Crippen LogP contribution in [0, 0.1) is 5.41 Å². The summed E-state index contributed by atoms with van der Waals surface area (Å²) in [6, 6.07) is 0. The van der Waals surface area contributed by atoms with Crippen molar-refractivity contribution in [2.45, 2.75) is 13.8 Å². The Labute approximate surface area is 63.7 Å². The molecule has 0 aliphatic heterocycles. The third-order valence-electron chi connectivity index (χ3n) is 1.05. The Kier molecular flexibility index (Phi) is 4.30. The van der Waals surface area contributed by atoms with Crippen LogP contribution in [0.5, 0.6) is 0 Å². The Morgan fingerprint density at radius 1 is 1.50 bits per heavy atom. The Morgan fingerprint density at radius 3 is 1.88 bits per heavy atom. The van der Waals surface area contributed by atoms with Gasteiger partial charge >= 0.3 is 63.4 Å². The van der Waals surface area contributed by atoms with Gasteiger partial charge in [0.1, 0.15) is 0 Å². The molecular weight excluding hydrogens is 216 g/mol. The SMILES string of the molecule is CCN(CC)C(=N)[Te]. The van der Waals surface area contributed by atoms with Gasteiger partial charge < -0.3 is 0 Å². The fraction of sp³-hybridized carbons (Fsp3) is 0.800. The molecule has 0 aliphatic carbocycles. The molecule has 1 N–H and O–H groups in total. The summed E-state index contributed by atoms with van der Waals surface area (Å²) < 4.78 is 0.672. The first-order chi connectivity index (χ1) is 3.72. The van der Waals surface area contributed by atoms with Crippen LogP contribution in [0.15, 0.2) is 0 Å². The van der Waals surface area contributed by atoms with Crippen molar-refractivity contribution in [1.82, 2.24) is 4.90 Å². The molecule has 0 unspecified atom stereocenters. The molecule has 0 spiro atoms. The minimum atomic E-state index is 0.672. The van der Waals surface area contributed by atoms with Gasteiger partial charge in [0.15, 0.2) is 0 Å². The van der Waals surface area contributed by atoms with Crippen molar-refractivity contribution < 1.29 is 0 Å². The molecule has 0 aliphatic rings. The zero-order chi connectivity index (χ0) is 6.57. The third kappa shape index (κ3) is 2.54. The number of rotatable bonds is 2. The summed E-state index contributed by atoms with van der Waals surface area (Å²) in [5.41, 5.74) is 0. The molecule has 0 heterocycles. The minimum absolute atomic E-state index is 0.672. The zero-order valence-electron chi connectivity index (χ0n) is 5.27. The quantitative estimate of drug-likeness (QED) is 0.413. The predicted octanol–water partition coefficient (Wildman–Crippen LogP) is 0.431. The number of amidine groups is 1. The van der Waals surface area contributed by atoms with E-state index in [1.165, 1.54) is 0 Å². The number of hydrogen-bond acceptors (Lipinski definition) is 1. The Bertz CT molecular complexity index is 78.5. The molecule has 8 heavy (non-hydrogen) atoms. The summed E-state index contributed by atoms with van der Waals surface area (Å²) in [6.45, 7) is 6.02. The molecule has 0 bridgehead atoms. The predicted molar refractivity (Wildman–Crippen MR) is 36.4 cm³/mol. The van der Waals surface area contributed by atoms with Gasteiger partial charge in [-0.3, -0.25) is 0 Å². The number of nitrogens with zero attached hydrogens (tertiary/aromatic N) is 1. The van der Waals surface area contributed by atoms with Crippen molar-refractivity contribution in [3.63, 3.8) is 0 Å².